The van der Waals surface area contributed by atoms with Crippen molar-refractivity contribution in [1.82, 2.24) is 9.55 Å². The van der Waals surface area contributed by atoms with Crippen LogP contribution in [0.4, 0.5) is 11.6 Å². The molecule has 0 unspecified atom stereocenters. The molecule has 3 aromatic rings. The monoisotopic (exact) mass is 423 g/mol. The van der Waals surface area contributed by atoms with Gasteiger partial charge in [-0.25, -0.2) is 9.78 Å². The van der Waals surface area contributed by atoms with Crippen molar-refractivity contribution >= 4 is 63.4 Å². The van der Waals surface area contributed by atoms with E-state index in [1.165, 1.54) is 7.11 Å². The van der Waals surface area contributed by atoms with Gasteiger partial charge >= 0.3 is 5.97 Å². The van der Waals surface area contributed by atoms with Crippen molar-refractivity contribution in [3.63, 3.8) is 0 Å². The quantitative estimate of drug-likeness (QED) is 0.500. The third-order valence-corrected chi connectivity index (χ3v) is 5.54. The van der Waals surface area contributed by atoms with E-state index >= 15 is 0 Å². The van der Waals surface area contributed by atoms with E-state index in [-0.39, 0.29) is 0 Å². The Bertz CT molecular complexity index is 1050. The Kier molecular flexibility index (Phi) is 4.70. The number of carbonyl (C=O) groups is 1. The van der Waals surface area contributed by atoms with Gasteiger partial charge in [0.15, 0.2) is 0 Å². The molecule has 5 nitrogen and oxygen atoms in total. The number of benzene rings is 2. The second kappa shape index (κ2) is 6.89. The number of fused-ring (bicyclic) bond motifs is 3. The van der Waals surface area contributed by atoms with Gasteiger partial charge in [0.25, 0.3) is 0 Å². The Balaban J connectivity index is 1.98. The fourth-order valence-electron chi connectivity index (χ4n) is 3.62. The lowest BCUT2D eigenvalue weighted by molar-refractivity contribution is 0.0602. The number of hydrogen-bond acceptors (Lipinski definition) is 4. The van der Waals surface area contributed by atoms with Gasteiger partial charge in [0, 0.05) is 18.1 Å². The number of esters is 1. The Morgan fingerprint density at radius 1 is 1.15 bits per heavy atom. The SMILES string of the molecule is COC(=O)c1ccc(Cl)c2nc3n(c12)CCCN3c1c(C)cc(Cl)cc1Cl. The molecule has 2 heterocycles. The molecule has 0 amide bonds. The van der Waals surface area contributed by atoms with Gasteiger partial charge in [-0.2, -0.15) is 0 Å². The number of carbonyl (C=O) groups excluding carboxylic acids is 1. The number of halogens is 3. The zero-order chi connectivity index (χ0) is 19.3. The molecule has 0 spiro atoms. The van der Waals surface area contributed by atoms with E-state index in [0.717, 1.165) is 30.8 Å². The van der Waals surface area contributed by atoms with Crippen LogP contribution in [0.25, 0.3) is 11.0 Å². The van der Waals surface area contributed by atoms with Crippen molar-refractivity contribution in [2.75, 3.05) is 18.6 Å². The third-order valence-electron chi connectivity index (χ3n) is 4.72. The van der Waals surface area contributed by atoms with Crippen LogP contribution < -0.4 is 4.90 Å². The molecule has 2 aromatic carbocycles. The lowest BCUT2D eigenvalue weighted by Gasteiger charge is -2.31. The number of hydrogen-bond donors (Lipinski definition) is 0. The molecule has 1 aromatic heterocycles. The smallest absolute Gasteiger partial charge is 0.340 e. The first-order chi connectivity index (χ1) is 12.9. The van der Waals surface area contributed by atoms with Crippen molar-refractivity contribution in [2.24, 2.45) is 0 Å². The number of nitrogens with zero attached hydrogens (tertiary/aromatic N) is 3. The topological polar surface area (TPSA) is 47.4 Å². The highest BCUT2D eigenvalue weighted by Crippen LogP contribution is 2.41. The van der Waals surface area contributed by atoms with Gasteiger partial charge in [0.05, 0.1) is 33.9 Å². The van der Waals surface area contributed by atoms with E-state index in [1.54, 1.807) is 18.2 Å². The molecule has 0 radical (unpaired) electrons. The number of imidazole rings is 1. The highest BCUT2D eigenvalue weighted by Gasteiger charge is 2.28. The average molecular weight is 425 g/mol. The average Bonchev–Trinajstić information content (AvgIpc) is 3.02. The molecule has 4 rings (SSSR count). The van der Waals surface area contributed by atoms with Crippen molar-refractivity contribution in [3.05, 3.63) is 50.5 Å². The summed E-state index contributed by atoms with van der Waals surface area (Å²) < 4.78 is 6.94. The fraction of sp³-hybridized carbons (Fsp3) is 0.263. The highest BCUT2D eigenvalue weighted by molar-refractivity contribution is 6.37. The molecule has 0 aliphatic carbocycles. The lowest BCUT2D eigenvalue weighted by atomic mass is 10.1. The molecule has 0 N–H and O–H groups in total. The first-order valence-electron chi connectivity index (χ1n) is 8.42. The van der Waals surface area contributed by atoms with Crippen molar-refractivity contribution < 1.29 is 9.53 Å². The summed E-state index contributed by atoms with van der Waals surface area (Å²) in [7, 11) is 1.36. The Labute approximate surface area is 171 Å². The van der Waals surface area contributed by atoms with E-state index in [0.29, 0.717) is 37.6 Å². The van der Waals surface area contributed by atoms with Crippen molar-refractivity contribution in [3.8, 4) is 0 Å². The molecule has 0 saturated heterocycles. The van der Waals surface area contributed by atoms with Gasteiger partial charge < -0.3 is 14.2 Å². The van der Waals surface area contributed by atoms with Crippen molar-refractivity contribution in [1.29, 1.82) is 0 Å². The highest BCUT2D eigenvalue weighted by atomic mass is 35.5. The summed E-state index contributed by atoms with van der Waals surface area (Å²) in [5.74, 6) is 0.277. The fourth-order valence-corrected chi connectivity index (χ4v) is 4.51. The maximum Gasteiger partial charge on any atom is 0.340 e. The molecule has 1 aliphatic rings. The molecular weight excluding hydrogens is 409 g/mol. The Hall–Kier alpha value is -1.95. The zero-order valence-electron chi connectivity index (χ0n) is 14.7. The van der Waals surface area contributed by atoms with Gasteiger partial charge in [-0.05, 0) is 43.2 Å². The first kappa shape index (κ1) is 18.4. The molecule has 0 atom stereocenters. The summed E-state index contributed by atoms with van der Waals surface area (Å²) in [5, 5.41) is 1.63. The Morgan fingerprint density at radius 3 is 2.63 bits per heavy atom. The minimum Gasteiger partial charge on any atom is -0.465 e. The largest absolute Gasteiger partial charge is 0.465 e. The van der Waals surface area contributed by atoms with Crippen LogP contribution in [0.3, 0.4) is 0 Å². The maximum absolute atomic E-state index is 12.3. The van der Waals surface area contributed by atoms with Gasteiger partial charge in [0.1, 0.15) is 5.52 Å². The summed E-state index contributed by atoms with van der Waals surface area (Å²) in [6.07, 6.45) is 0.865. The summed E-state index contributed by atoms with van der Waals surface area (Å²) in [6, 6.07) is 6.93. The number of anilines is 2. The minimum atomic E-state index is -0.419. The van der Waals surface area contributed by atoms with Crippen LogP contribution in [0.5, 0.6) is 0 Å². The molecule has 0 fully saturated rings. The van der Waals surface area contributed by atoms with E-state index in [2.05, 4.69) is 4.90 Å². The molecule has 0 bridgehead atoms. The summed E-state index contributed by atoms with van der Waals surface area (Å²) in [5.41, 5.74) is 3.50. The molecule has 1 aliphatic heterocycles. The van der Waals surface area contributed by atoms with Crippen LogP contribution in [0.15, 0.2) is 24.3 Å². The number of ether oxygens (including phenoxy) is 1. The standard InChI is InChI=1S/C19H16Cl3N3O2/c1-10-8-11(20)9-14(22)16(10)24-6-3-7-25-17-12(18(26)27-2)4-5-13(21)15(17)23-19(24)25/h4-5,8-9H,3,6-7H2,1-2H3. The van der Waals surface area contributed by atoms with E-state index in [9.17, 15) is 4.79 Å². The summed E-state index contributed by atoms with van der Waals surface area (Å²) in [6.45, 7) is 3.43. The van der Waals surface area contributed by atoms with E-state index < -0.39 is 5.97 Å². The van der Waals surface area contributed by atoms with Crippen LogP contribution in [0.1, 0.15) is 22.3 Å². The molecule has 0 saturated carbocycles. The predicted molar refractivity (Wildman–Crippen MR) is 109 cm³/mol. The van der Waals surface area contributed by atoms with Crippen LogP contribution in [-0.4, -0.2) is 29.2 Å². The van der Waals surface area contributed by atoms with Crippen molar-refractivity contribution in [2.45, 2.75) is 19.9 Å². The maximum atomic E-state index is 12.3. The van der Waals surface area contributed by atoms with Crippen LogP contribution in [0.2, 0.25) is 15.1 Å². The Morgan fingerprint density at radius 2 is 1.93 bits per heavy atom. The summed E-state index contributed by atoms with van der Waals surface area (Å²) >= 11 is 19.0. The number of aryl methyl sites for hydroxylation is 2. The molecule has 8 heteroatoms. The predicted octanol–water partition coefficient (Wildman–Crippen LogP) is 5.63. The number of aromatic nitrogens is 2. The van der Waals surface area contributed by atoms with Crippen LogP contribution in [-0.2, 0) is 11.3 Å². The van der Waals surface area contributed by atoms with E-state index in [1.807, 2.05) is 17.6 Å². The molecular formula is C19H16Cl3N3O2. The molecule has 140 valence electrons. The number of methoxy groups -OCH3 is 1. The second-order valence-electron chi connectivity index (χ2n) is 6.41. The first-order valence-corrected chi connectivity index (χ1v) is 9.56. The summed E-state index contributed by atoms with van der Waals surface area (Å²) in [4.78, 5) is 19.1. The van der Waals surface area contributed by atoms with Gasteiger partial charge in [-0.3, -0.25) is 0 Å². The number of rotatable bonds is 2. The minimum absolute atomic E-state index is 0.419. The normalized spacial score (nSPS) is 13.7. The van der Waals surface area contributed by atoms with Gasteiger partial charge in [-0.15, -0.1) is 0 Å². The van der Waals surface area contributed by atoms with Crippen LogP contribution in [0, 0.1) is 6.92 Å². The van der Waals surface area contributed by atoms with Gasteiger partial charge in [0.2, 0.25) is 5.95 Å². The molecule has 27 heavy (non-hydrogen) atoms. The third kappa shape index (κ3) is 2.94. The zero-order valence-corrected chi connectivity index (χ0v) is 17.0. The van der Waals surface area contributed by atoms with Gasteiger partial charge in [-0.1, -0.05) is 34.8 Å². The van der Waals surface area contributed by atoms with E-state index in [4.69, 9.17) is 44.5 Å². The lowest BCUT2D eigenvalue weighted by Crippen LogP contribution is -2.29. The van der Waals surface area contributed by atoms with Crippen LogP contribution >= 0.6 is 34.8 Å². The second-order valence-corrected chi connectivity index (χ2v) is 7.66.